The van der Waals surface area contributed by atoms with Gasteiger partial charge >= 0.3 is 0 Å². The number of aryl methyl sites for hydroxylation is 1. The highest BCUT2D eigenvalue weighted by Crippen LogP contribution is 2.28. The number of likely N-dealkylation sites (N-methyl/N-ethyl adjacent to an activating group) is 1. The van der Waals surface area contributed by atoms with E-state index >= 15 is 0 Å². The number of sulfonamides is 1. The zero-order chi connectivity index (χ0) is 21.9. The van der Waals surface area contributed by atoms with Crippen LogP contribution in [0, 0.1) is 12.7 Å². The van der Waals surface area contributed by atoms with E-state index in [-0.39, 0.29) is 17.3 Å². The smallest absolute Gasteiger partial charge is 0.243 e. The zero-order valence-corrected chi connectivity index (χ0v) is 18.3. The summed E-state index contributed by atoms with van der Waals surface area (Å²) in [5.41, 5.74) is 1.63. The van der Waals surface area contributed by atoms with Crippen molar-refractivity contribution < 1.29 is 17.6 Å². The number of halogens is 1. The molecule has 0 aliphatic carbocycles. The van der Waals surface area contributed by atoms with E-state index in [0.717, 1.165) is 23.5 Å². The first-order chi connectivity index (χ1) is 14.2. The lowest BCUT2D eigenvalue weighted by molar-refractivity contribution is -0.135. The fraction of sp³-hybridized carbons (Fsp3) is 0.500. The highest BCUT2D eigenvalue weighted by molar-refractivity contribution is 7.89. The molecule has 1 unspecified atom stereocenters. The average molecular weight is 438 g/mol. The molecule has 1 fully saturated rings. The van der Waals surface area contributed by atoms with Crippen LogP contribution in [0.15, 0.2) is 35.5 Å². The first-order valence-electron chi connectivity index (χ1n) is 9.90. The van der Waals surface area contributed by atoms with E-state index in [9.17, 15) is 17.6 Å². The van der Waals surface area contributed by atoms with Gasteiger partial charge < -0.3 is 14.8 Å². The summed E-state index contributed by atoms with van der Waals surface area (Å²) in [6.45, 7) is 3.56. The molecule has 1 N–H and O–H groups in total. The molecule has 8 nitrogen and oxygen atoms in total. The topological polar surface area (TPSA) is 89.6 Å². The van der Waals surface area contributed by atoms with Crippen LogP contribution in [0.3, 0.4) is 0 Å². The summed E-state index contributed by atoms with van der Waals surface area (Å²) < 4.78 is 40.8. The largest absolute Gasteiger partial charge is 0.348 e. The van der Waals surface area contributed by atoms with Crippen LogP contribution in [0.5, 0.6) is 0 Å². The van der Waals surface area contributed by atoms with E-state index in [1.807, 2.05) is 25.9 Å². The van der Waals surface area contributed by atoms with Gasteiger partial charge in [-0.25, -0.2) is 17.8 Å². The molecule has 1 aromatic heterocycles. The lowest BCUT2D eigenvalue weighted by Gasteiger charge is -2.30. The maximum Gasteiger partial charge on any atom is 0.243 e. The van der Waals surface area contributed by atoms with Crippen molar-refractivity contribution >= 4 is 15.9 Å². The standard InChI is InChI=1S/C20H28FN5O3S/c1-15-18(23-14-22-15)13-25(12-11-24(2)3)20(27)19-5-4-10-26(19)30(28,29)17-8-6-16(21)7-9-17/h6-9,14,19H,4-5,10-13H2,1-3H3,(H,22,23). The van der Waals surface area contributed by atoms with Gasteiger partial charge in [-0.05, 0) is 58.1 Å². The Hall–Kier alpha value is -2.30. The Kier molecular flexibility index (Phi) is 6.89. The lowest BCUT2D eigenvalue weighted by atomic mass is 10.2. The number of nitrogens with zero attached hydrogens (tertiary/aromatic N) is 4. The molecule has 10 heteroatoms. The summed E-state index contributed by atoms with van der Waals surface area (Å²) in [7, 11) is -0.0578. The highest BCUT2D eigenvalue weighted by Gasteiger charge is 2.41. The van der Waals surface area contributed by atoms with Gasteiger partial charge in [0.15, 0.2) is 0 Å². The van der Waals surface area contributed by atoms with Gasteiger partial charge in [0, 0.05) is 25.3 Å². The molecule has 3 rings (SSSR count). The SMILES string of the molecule is Cc1[nH]cnc1CN(CCN(C)C)C(=O)C1CCCN1S(=O)(=O)c1ccc(F)cc1. The molecule has 0 spiro atoms. The van der Waals surface area contributed by atoms with Crippen molar-refractivity contribution in [2.24, 2.45) is 0 Å². The molecule has 1 aromatic carbocycles. The van der Waals surface area contributed by atoms with E-state index in [2.05, 4.69) is 9.97 Å². The molecule has 164 valence electrons. The van der Waals surface area contributed by atoms with Crippen LogP contribution in [-0.2, 0) is 21.4 Å². The maximum atomic E-state index is 13.4. The lowest BCUT2D eigenvalue weighted by Crippen LogP contribution is -2.49. The van der Waals surface area contributed by atoms with Gasteiger partial charge in [0.1, 0.15) is 11.9 Å². The second kappa shape index (κ2) is 9.23. The van der Waals surface area contributed by atoms with Crippen LogP contribution in [0.4, 0.5) is 4.39 Å². The number of carbonyl (C=O) groups is 1. The molecule has 1 saturated heterocycles. The second-order valence-corrected chi connectivity index (χ2v) is 9.66. The van der Waals surface area contributed by atoms with E-state index < -0.39 is 21.9 Å². The minimum atomic E-state index is -3.90. The molecular weight excluding hydrogens is 409 g/mol. The highest BCUT2D eigenvalue weighted by atomic mass is 32.2. The Morgan fingerprint density at radius 1 is 1.27 bits per heavy atom. The van der Waals surface area contributed by atoms with Crippen molar-refractivity contribution in [1.29, 1.82) is 0 Å². The maximum absolute atomic E-state index is 13.4. The first kappa shape index (κ1) is 22.4. The third-order valence-electron chi connectivity index (χ3n) is 5.31. The van der Waals surface area contributed by atoms with Crippen molar-refractivity contribution in [2.75, 3.05) is 33.7 Å². The molecule has 2 aromatic rings. The van der Waals surface area contributed by atoms with Gasteiger partial charge in [-0.3, -0.25) is 4.79 Å². The van der Waals surface area contributed by atoms with E-state index in [4.69, 9.17) is 0 Å². The molecule has 30 heavy (non-hydrogen) atoms. The summed E-state index contributed by atoms with van der Waals surface area (Å²) in [5.74, 6) is -0.741. The Morgan fingerprint density at radius 2 is 1.97 bits per heavy atom. The van der Waals surface area contributed by atoms with Gasteiger partial charge in [-0.2, -0.15) is 4.31 Å². The van der Waals surface area contributed by atoms with E-state index in [1.54, 1.807) is 11.2 Å². The number of hydrogen-bond donors (Lipinski definition) is 1. The minimum absolute atomic E-state index is 0.00779. The quantitative estimate of drug-likeness (QED) is 0.678. The molecule has 0 bridgehead atoms. The van der Waals surface area contributed by atoms with Gasteiger partial charge in [0.05, 0.1) is 23.5 Å². The van der Waals surface area contributed by atoms with Crippen LogP contribution >= 0.6 is 0 Å². The van der Waals surface area contributed by atoms with Crippen molar-refractivity contribution in [1.82, 2.24) is 24.1 Å². The number of aromatic amines is 1. The Labute approximate surface area is 176 Å². The Bertz CT molecular complexity index is 975. The molecule has 0 saturated carbocycles. The number of amides is 1. The molecule has 1 aliphatic heterocycles. The predicted molar refractivity (Wildman–Crippen MR) is 111 cm³/mol. The summed E-state index contributed by atoms with van der Waals surface area (Å²) in [4.78, 5) is 24.4. The summed E-state index contributed by atoms with van der Waals surface area (Å²) in [5, 5.41) is 0. The van der Waals surface area contributed by atoms with Gasteiger partial charge in [0.2, 0.25) is 15.9 Å². The molecule has 1 aliphatic rings. The average Bonchev–Trinajstić information content (AvgIpc) is 3.34. The van der Waals surface area contributed by atoms with Crippen molar-refractivity contribution in [3.63, 3.8) is 0 Å². The van der Waals surface area contributed by atoms with Gasteiger partial charge in [-0.1, -0.05) is 0 Å². The fourth-order valence-corrected chi connectivity index (χ4v) is 5.19. The van der Waals surface area contributed by atoms with Crippen LogP contribution in [0.2, 0.25) is 0 Å². The normalized spacial score (nSPS) is 17.6. The number of H-pyrrole nitrogens is 1. The van der Waals surface area contributed by atoms with Crippen molar-refractivity contribution in [3.05, 3.63) is 47.8 Å². The first-order valence-corrected chi connectivity index (χ1v) is 11.3. The number of aromatic nitrogens is 2. The van der Waals surface area contributed by atoms with Gasteiger partial charge in [-0.15, -0.1) is 0 Å². The van der Waals surface area contributed by atoms with Crippen LogP contribution in [0.25, 0.3) is 0 Å². The zero-order valence-electron chi connectivity index (χ0n) is 17.5. The van der Waals surface area contributed by atoms with Crippen LogP contribution in [0.1, 0.15) is 24.2 Å². The number of nitrogens with one attached hydrogen (secondary N) is 1. The molecule has 1 amide bonds. The number of benzene rings is 1. The summed E-state index contributed by atoms with van der Waals surface area (Å²) in [6.07, 6.45) is 2.64. The van der Waals surface area contributed by atoms with Crippen LogP contribution in [-0.4, -0.2) is 78.2 Å². The van der Waals surface area contributed by atoms with Crippen LogP contribution < -0.4 is 0 Å². The Morgan fingerprint density at radius 3 is 2.57 bits per heavy atom. The minimum Gasteiger partial charge on any atom is -0.348 e. The molecule has 0 radical (unpaired) electrons. The van der Waals surface area contributed by atoms with Crippen molar-refractivity contribution in [3.8, 4) is 0 Å². The fourth-order valence-electron chi connectivity index (χ4n) is 3.54. The molecule has 2 heterocycles. The van der Waals surface area contributed by atoms with Gasteiger partial charge in [0.25, 0.3) is 0 Å². The second-order valence-electron chi connectivity index (χ2n) is 7.77. The monoisotopic (exact) mass is 437 g/mol. The third kappa shape index (κ3) is 4.88. The summed E-state index contributed by atoms with van der Waals surface area (Å²) >= 11 is 0. The predicted octanol–water partition coefficient (Wildman–Crippen LogP) is 1.60. The van der Waals surface area contributed by atoms with E-state index in [1.165, 1.54) is 16.4 Å². The number of carbonyl (C=O) groups excluding carboxylic acids is 1. The number of imidazole rings is 1. The molecule has 1 atom stereocenters. The third-order valence-corrected chi connectivity index (χ3v) is 7.24. The Balaban J connectivity index is 1.85. The molecular formula is C20H28FN5O3S. The number of hydrogen-bond acceptors (Lipinski definition) is 5. The van der Waals surface area contributed by atoms with Crippen molar-refractivity contribution in [2.45, 2.75) is 37.2 Å². The summed E-state index contributed by atoms with van der Waals surface area (Å²) in [6, 6.07) is 3.93. The number of rotatable bonds is 8. The van der Waals surface area contributed by atoms with E-state index in [0.29, 0.717) is 32.5 Å².